The summed E-state index contributed by atoms with van der Waals surface area (Å²) in [6.45, 7) is 0.587. The molecule has 1 aliphatic rings. The fraction of sp³-hybridized carbons (Fsp3) is 0.222. The van der Waals surface area contributed by atoms with Gasteiger partial charge in [0.05, 0.1) is 22.2 Å². The van der Waals surface area contributed by atoms with Gasteiger partial charge < -0.3 is 14.5 Å². The van der Waals surface area contributed by atoms with Crippen molar-refractivity contribution in [3.05, 3.63) is 52.6 Å². The monoisotopic (exact) mass is 353 g/mol. The van der Waals surface area contributed by atoms with Crippen LogP contribution in [-0.2, 0) is 9.53 Å². The van der Waals surface area contributed by atoms with Gasteiger partial charge >= 0.3 is 0 Å². The van der Waals surface area contributed by atoms with E-state index in [2.05, 4.69) is 10.3 Å². The highest BCUT2D eigenvalue weighted by Crippen LogP contribution is 2.31. The highest BCUT2D eigenvalue weighted by molar-refractivity contribution is 5.97. The van der Waals surface area contributed by atoms with Gasteiger partial charge in [0.15, 0.2) is 5.58 Å². The Bertz CT molecular complexity index is 991. The van der Waals surface area contributed by atoms with Crippen LogP contribution in [0.25, 0.3) is 22.6 Å². The summed E-state index contributed by atoms with van der Waals surface area (Å²) in [4.78, 5) is 27.1. The van der Waals surface area contributed by atoms with Gasteiger partial charge in [0, 0.05) is 12.7 Å². The molecule has 0 spiro atoms. The summed E-state index contributed by atoms with van der Waals surface area (Å²) in [6.07, 6.45) is 1.11. The number of nitrogens with zero attached hydrogens (tertiary/aromatic N) is 2. The van der Waals surface area contributed by atoms with E-state index in [1.165, 1.54) is 18.2 Å². The first-order valence-electron chi connectivity index (χ1n) is 8.19. The van der Waals surface area contributed by atoms with Gasteiger partial charge in [-0.15, -0.1) is 0 Å². The molecular formula is C18H15N3O5. The number of rotatable bonds is 4. The number of benzene rings is 2. The average Bonchev–Trinajstić information content (AvgIpc) is 3.31. The number of carbonyl (C=O) groups is 1. The number of fused-ring (bicyclic) bond motifs is 1. The SMILES string of the molecule is O=C(Nc1ccccc1-c1nc2ccc([N+](=O)[O-])cc2o1)C1CCCO1. The van der Waals surface area contributed by atoms with Crippen LogP contribution in [0.5, 0.6) is 0 Å². The van der Waals surface area contributed by atoms with E-state index in [4.69, 9.17) is 9.15 Å². The summed E-state index contributed by atoms with van der Waals surface area (Å²) >= 11 is 0. The Kier molecular flexibility index (Phi) is 4.10. The van der Waals surface area contributed by atoms with Crippen molar-refractivity contribution in [2.24, 2.45) is 0 Å². The lowest BCUT2D eigenvalue weighted by Gasteiger charge is -2.12. The molecular weight excluding hydrogens is 338 g/mol. The molecule has 1 unspecified atom stereocenters. The van der Waals surface area contributed by atoms with Crippen molar-refractivity contribution in [1.82, 2.24) is 4.98 Å². The number of carbonyl (C=O) groups excluding carboxylic acids is 1. The standard InChI is InChI=1S/C18H15N3O5/c22-17(15-6-3-9-25-15)19-13-5-2-1-4-12(13)18-20-14-8-7-11(21(23)24)10-16(14)26-18/h1-2,4-5,7-8,10,15H,3,6,9H2,(H,19,22). The Morgan fingerprint density at radius 3 is 2.88 bits per heavy atom. The van der Waals surface area contributed by atoms with Gasteiger partial charge in [-0.25, -0.2) is 4.98 Å². The number of ether oxygens (including phenoxy) is 1. The third-order valence-electron chi connectivity index (χ3n) is 4.22. The number of anilines is 1. The molecule has 1 aliphatic heterocycles. The maximum atomic E-state index is 12.3. The number of amides is 1. The summed E-state index contributed by atoms with van der Waals surface area (Å²) in [6, 6.07) is 11.4. The van der Waals surface area contributed by atoms with Crippen LogP contribution in [0.2, 0.25) is 0 Å². The van der Waals surface area contributed by atoms with Gasteiger partial charge in [0.1, 0.15) is 11.6 Å². The van der Waals surface area contributed by atoms with Crippen LogP contribution in [0, 0.1) is 10.1 Å². The third kappa shape index (κ3) is 3.02. The van der Waals surface area contributed by atoms with Gasteiger partial charge in [-0.2, -0.15) is 0 Å². The zero-order valence-corrected chi connectivity index (χ0v) is 13.7. The highest BCUT2D eigenvalue weighted by Gasteiger charge is 2.25. The Balaban J connectivity index is 1.68. The Morgan fingerprint density at radius 1 is 1.27 bits per heavy atom. The number of oxazole rings is 1. The molecule has 1 amide bonds. The van der Waals surface area contributed by atoms with Crippen LogP contribution in [0.3, 0.4) is 0 Å². The molecule has 8 heteroatoms. The number of non-ortho nitro benzene ring substituents is 1. The topological polar surface area (TPSA) is 108 Å². The molecule has 1 atom stereocenters. The van der Waals surface area contributed by atoms with Gasteiger partial charge in [-0.05, 0) is 31.0 Å². The predicted molar refractivity (Wildman–Crippen MR) is 93.7 cm³/mol. The van der Waals surface area contributed by atoms with E-state index >= 15 is 0 Å². The number of hydrogen-bond donors (Lipinski definition) is 1. The van der Waals surface area contributed by atoms with E-state index < -0.39 is 11.0 Å². The molecule has 0 radical (unpaired) electrons. The van der Waals surface area contributed by atoms with E-state index in [-0.39, 0.29) is 17.5 Å². The van der Waals surface area contributed by atoms with E-state index in [9.17, 15) is 14.9 Å². The van der Waals surface area contributed by atoms with E-state index in [1.807, 2.05) is 0 Å². The van der Waals surface area contributed by atoms with Crippen LogP contribution in [0.4, 0.5) is 11.4 Å². The molecule has 132 valence electrons. The lowest BCUT2D eigenvalue weighted by molar-refractivity contribution is -0.384. The summed E-state index contributed by atoms with van der Waals surface area (Å²) in [5.41, 5.74) is 1.90. The average molecular weight is 353 g/mol. The molecule has 1 aromatic heterocycles. The second kappa shape index (κ2) is 6.57. The summed E-state index contributed by atoms with van der Waals surface area (Å²) in [5.74, 6) is 0.0745. The van der Waals surface area contributed by atoms with E-state index in [0.717, 1.165) is 6.42 Å². The second-order valence-electron chi connectivity index (χ2n) is 5.96. The molecule has 1 saturated heterocycles. The maximum absolute atomic E-state index is 12.3. The highest BCUT2D eigenvalue weighted by atomic mass is 16.6. The van der Waals surface area contributed by atoms with Crippen molar-refractivity contribution < 1.29 is 18.9 Å². The molecule has 1 fully saturated rings. The van der Waals surface area contributed by atoms with Crippen LogP contribution in [0.15, 0.2) is 46.9 Å². The number of nitrogens with one attached hydrogen (secondary N) is 1. The van der Waals surface area contributed by atoms with Crippen molar-refractivity contribution in [1.29, 1.82) is 0 Å². The molecule has 4 rings (SSSR count). The lowest BCUT2D eigenvalue weighted by atomic mass is 10.1. The fourth-order valence-corrected chi connectivity index (χ4v) is 2.92. The van der Waals surface area contributed by atoms with Crippen LogP contribution in [0.1, 0.15) is 12.8 Å². The normalized spacial score (nSPS) is 16.7. The minimum absolute atomic E-state index is 0.0693. The summed E-state index contributed by atoms with van der Waals surface area (Å²) in [5, 5.41) is 13.8. The van der Waals surface area contributed by atoms with Gasteiger partial charge in [0.25, 0.3) is 11.6 Å². The van der Waals surface area contributed by atoms with Gasteiger partial charge in [-0.3, -0.25) is 14.9 Å². The van der Waals surface area contributed by atoms with Crippen LogP contribution < -0.4 is 5.32 Å². The largest absolute Gasteiger partial charge is 0.436 e. The second-order valence-corrected chi connectivity index (χ2v) is 5.96. The summed E-state index contributed by atoms with van der Waals surface area (Å²) in [7, 11) is 0. The Hall–Kier alpha value is -3.26. The van der Waals surface area contributed by atoms with Crippen molar-refractivity contribution in [2.75, 3.05) is 11.9 Å². The van der Waals surface area contributed by atoms with Crippen molar-refractivity contribution >= 4 is 28.4 Å². The number of nitro benzene ring substituents is 1. The summed E-state index contributed by atoms with van der Waals surface area (Å²) < 4.78 is 11.1. The zero-order valence-electron chi connectivity index (χ0n) is 13.7. The zero-order chi connectivity index (χ0) is 18.1. The van der Waals surface area contributed by atoms with Crippen LogP contribution in [-0.4, -0.2) is 28.5 Å². The fourth-order valence-electron chi connectivity index (χ4n) is 2.92. The van der Waals surface area contributed by atoms with Crippen molar-refractivity contribution in [2.45, 2.75) is 18.9 Å². The minimum Gasteiger partial charge on any atom is -0.436 e. The van der Waals surface area contributed by atoms with Gasteiger partial charge in [0.2, 0.25) is 5.89 Å². The maximum Gasteiger partial charge on any atom is 0.273 e. The number of para-hydroxylation sites is 1. The van der Waals surface area contributed by atoms with Crippen molar-refractivity contribution in [3.8, 4) is 11.5 Å². The number of aromatic nitrogens is 1. The first-order chi connectivity index (χ1) is 12.6. The van der Waals surface area contributed by atoms with Crippen LogP contribution >= 0.6 is 0 Å². The first kappa shape index (κ1) is 16.2. The molecule has 0 bridgehead atoms. The van der Waals surface area contributed by atoms with Crippen molar-refractivity contribution in [3.63, 3.8) is 0 Å². The quantitative estimate of drug-likeness (QED) is 0.568. The third-order valence-corrected chi connectivity index (χ3v) is 4.22. The van der Waals surface area contributed by atoms with E-state index in [1.54, 1.807) is 24.3 Å². The molecule has 3 aromatic rings. The van der Waals surface area contributed by atoms with Gasteiger partial charge in [-0.1, -0.05) is 12.1 Å². The minimum atomic E-state index is -0.489. The number of nitro groups is 1. The number of hydrogen-bond acceptors (Lipinski definition) is 6. The molecule has 2 aromatic carbocycles. The first-order valence-corrected chi connectivity index (χ1v) is 8.19. The molecule has 8 nitrogen and oxygen atoms in total. The smallest absolute Gasteiger partial charge is 0.273 e. The lowest BCUT2D eigenvalue weighted by Crippen LogP contribution is -2.27. The molecule has 1 N–H and O–H groups in total. The molecule has 2 heterocycles. The Labute approximate surface area is 147 Å². The molecule has 0 aliphatic carbocycles. The Morgan fingerprint density at radius 2 is 2.12 bits per heavy atom. The predicted octanol–water partition coefficient (Wildman–Crippen LogP) is 3.52. The molecule has 26 heavy (non-hydrogen) atoms. The molecule has 0 saturated carbocycles. The van der Waals surface area contributed by atoms with E-state index in [0.29, 0.717) is 35.4 Å².